The van der Waals surface area contributed by atoms with Crippen molar-refractivity contribution in [2.24, 2.45) is 5.92 Å². The molecule has 2 aromatic carbocycles. The molecule has 0 aromatic heterocycles. The second-order valence-electron chi connectivity index (χ2n) is 8.94. The number of carbonyl (C=O) groups is 2. The maximum atomic E-state index is 12.4. The van der Waals surface area contributed by atoms with Gasteiger partial charge in [-0.1, -0.05) is 23.7 Å². The van der Waals surface area contributed by atoms with E-state index in [0.717, 1.165) is 30.4 Å². The minimum atomic E-state index is -1.29. The van der Waals surface area contributed by atoms with Crippen molar-refractivity contribution in [1.29, 1.82) is 0 Å². The number of rotatable bonds is 7. The van der Waals surface area contributed by atoms with E-state index in [-0.39, 0.29) is 6.09 Å². The number of carboxylic acid groups (broad SMARTS) is 1. The Morgan fingerprint density at radius 2 is 1.78 bits per heavy atom. The van der Waals surface area contributed by atoms with Gasteiger partial charge in [0, 0.05) is 18.1 Å². The molecule has 0 aliphatic carbocycles. The van der Waals surface area contributed by atoms with Crippen LogP contribution in [0.4, 0.5) is 4.79 Å². The minimum Gasteiger partial charge on any atom is -0.478 e. The van der Waals surface area contributed by atoms with Gasteiger partial charge in [-0.05, 0) is 93.8 Å². The molecule has 0 bridgehead atoms. The summed E-state index contributed by atoms with van der Waals surface area (Å²) < 4.78 is 11.2. The first-order valence-electron chi connectivity index (χ1n) is 10.8. The highest BCUT2D eigenvalue weighted by atomic mass is 35.5. The number of hydrogen-bond acceptors (Lipinski definition) is 4. The van der Waals surface area contributed by atoms with E-state index < -0.39 is 11.6 Å². The highest BCUT2D eigenvalue weighted by Gasteiger charge is 2.31. The monoisotopic (exact) mass is 459 g/mol. The zero-order chi connectivity index (χ0) is 23.5. The van der Waals surface area contributed by atoms with Crippen molar-refractivity contribution in [1.82, 2.24) is 4.90 Å². The first-order valence-corrected chi connectivity index (χ1v) is 11.2. The van der Waals surface area contributed by atoms with Crippen LogP contribution in [0.2, 0.25) is 5.02 Å². The summed E-state index contributed by atoms with van der Waals surface area (Å²) in [6.45, 7) is 8.34. The highest BCUT2D eigenvalue weighted by Crippen LogP contribution is 2.30. The Morgan fingerprint density at radius 3 is 2.38 bits per heavy atom. The predicted octanol–water partition coefficient (Wildman–Crippen LogP) is 5.65. The molecular weight excluding hydrogens is 430 g/mol. The lowest BCUT2D eigenvalue weighted by Crippen LogP contribution is -2.38. The Balaban J connectivity index is 1.54. The normalized spacial score (nSPS) is 16.2. The van der Waals surface area contributed by atoms with Gasteiger partial charge in [-0.25, -0.2) is 9.59 Å². The van der Waals surface area contributed by atoms with Crippen LogP contribution in [0.25, 0.3) is 0 Å². The van der Waals surface area contributed by atoms with Crippen LogP contribution in [0.5, 0.6) is 11.5 Å². The van der Waals surface area contributed by atoms with Crippen LogP contribution >= 0.6 is 11.6 Å². The van der Waals surface area contributed by atoms with Gasteiger partial charge in [0.25, 0.3) is 0 Å². The van der Waals surface area contributed by atoms with Crippen molar-refractivity contribution in [3.63, 3.8) is 0 Å². The quantitative estimate of drug-likeness (QED) is 0.578. The largest absolute Gasteiger partial charge is 0.478 e. The molecule has 1 N–H and O–H groups in total. The second-order valence-corrected chi connectivity index (χ2v) is 9.37. The predicted molar refractivity (Wildman–Crippen MR) is 124 cm³/mol. The van der Waals surface area contributed by atoms with Gasteiger partial charge in [-0.15, -0.1) is 0 Å². The number of aryl methyl sites for hydroxylation is 3. The van der Waals surface area contributed by atoms with Gasteiger partial charge < -0.3 is 19.5 Å². The number of amides is 1. The summed E-state index contributed by atoms with van der Waals surface area (Å²) in [5.74, 6) is 0.524. The fraction of sp³-hybridized carbons (Fsp3) is 0.440. The van der Waals surface area contributed by atoms with Gasteiger partial charge >= 0.3 is 12.1 Å². The van der Waals surface area contributed by atoms with Crippen molar-refractivity contribution in [2.75, 3.05) is 13.1 Å². The summed E-state index contributed by atoms with van der Waals surface area (Å²) in [6.07, 6.45) is 2.46. The van der Waals surface area contributed by atoms with E-state index in [9.17, 15) is 14.7 Å². The fourth-order valence-electron chi connectivity index (χ4n) is 3.92. The van der Waals surface area contributed by atoms with Gasteiger partial charge in [0.05, 0.1) is 0 Å². The lowest BCUT2D eigenvalue weighted by molar-refractivity contribution is -0.152. The van der Waals surface area contributed by atoms with Crippen LogP contribution in [0, 0.1) is 19.8 Å². The number of benzene rings is 2. The molecule has 1 amide bonds. The van der Waals surface area contributed by atoms with E-state index >= 15 is 0 Å². The fourth-order valence-corrected chi connectivity index (χ4v) is 4.04. The molecule has 3 rings (SSSR count). The van der Waals surface area contributed by atoms with Crippen LogP contribution in [-0.4, -0.2) is 40.8 Å². The summed E-state index contributed by atoms with van der Waals surface area (Å²) in [4.78, 5) is 25.6. The minimum absolute atomic E-state index is 0.330. The van der Waals surface area contributed by atoms with Gasteiger partial charge in [0.2, 0.25) is 0 Å². The maximum absolute atomic E-state index is 12.4. The molecule has 2 aromatic rings. The molecule has 172 valence electrons. The number of hydrogen-bond donors (Lipinski definition) is 1. The van der Waals surface area contributed by atoms with E-state index in [2.05, 4.69) is 12.1 Å². The Labute approximate surface area is 194 Å². The zero-order valence-corrected chi connectivity index (χ0v) is 19.7. The number of carboxylic acids is 1. The second kappa shape index (κ2) is 9.82. The number of aliphatic carboxylic acids is 1. The number of carbonyl (C=O) groups excluding carboxylic acids is 1. The Bertz CT molecular complexity index is 963. The summed E-state index contributed by atoms with van der Waals surface area (Å²) in [5, 5.41) is 9.93. The van der Waals surface area contributed by atoms with E-state index in [1.807, 2.05) is 13.8 Å². The topological polar surface area (TPSA) is 76.1 Å². The van der Waals surface area contributed by atoms with Crippen molar-refractivity contribution in [2.45, 2.75) is 52.6 Å². The van der Waals surface area contributed by atoms with Crippen molar-refractivity contribution in [3.05, 3.63) is 58.1 Å². The molecule has 0 spiro atoms. The molecule has 1 fully saturated rings. The molecule has 1 aliphatic rings. The lowest BCUT2D eigenvalue weighted by Gasteiger charge is -2.24. The van der Waals surface area contributed by atoms with Gasteiger partial charge in [-0.3, -0.25) is 0 Å². The number of ether oxygens (including phenoxy) is 2. The average molecular weight is 460 g/mol. The molecule has 0 saturated carbocycles. The molecule has 0 unspecified atom stereocenters. The Kier molecular flexibility index (Phi) is 7.34. The number of halogens is 1. The molecule has 1 aliphatic heterocycles. The zero-order valence-electron chi connectivity index (χ0n) is 19.0. The standard InChI is InChI=1S/C25H30ClNO5/c1-16-13-19(14-17(2)22(16)32-25(3,4)23(28)29)6-5-18-11-12-27(15-18)24(30)31-21-9-7-20(26)8-10-21/h7-10,13-14,18H,5-6,11-12,15H2,1-4H3,(H,28,29)/t18-/m0/s1. The summed E-state index contributed by atoms with van der Waals surface area (Å²) in [7, 11) is 0. The molecule has 1 atom stereocenters. The third kappa shape index (κ3) is 5.94. The van der Waals surface area contributed by atoms with E-state index in [1.165, 1.54) is 5.56 Å². The molecule has 0 radical (unpaired) electrons. The van der Waals surface area contributed by atoms with E-state index in [4.69, 9.17) is 21.1 Å². The highest BCUT2D eigenvalue weighted by molar-refractivity contribution is 6.30. The van der Waals surface area contributed by atoms with Crippen molar-refractivity contribution >= 4 is 23.7 Å². The maximum Gasteiger partial charge on any atom is 0.415 e. The number of likely N-dealkylation sites (tertiary alicyclic amines) is 1. The van der Waals surface area contributed by atoms with Gasteiger partial charge in [0.15, 0.2) is 5.60 Å². The summed E-state index contributed by atoms with van der Waals surface area (Å²) >= 11 is 5.87. The molecule has 1 heterocycles. The van der Waals surface area contributed by atoms with Gasteiger partial charge in [-0.2, -0.15) is 0 Å². The molecule has 1 saturated heterocycles. The van der Waals surface area contributed by atoms with Crippen LogP contribution in [0.3, 0.4) is 0 Å². The smallest absolute Gasteiger partial charge is 0.415 e. The van der Waals surface area contributed by atoms with E-state index in [0.29, 0.717) is 35.5 Å². The third-order valence-electron chi connectivity index (χ3n) is 5.80. The van der Waals surface area contributed by atoms with E-state index in [1.54, 1.807) is 43.0 Å². The molecule has 6 nitrogen and oxygen atoms in total. The van der Waals surface area contributed by atoms with Crippen molar-refractivity contribution < 1.29 is 24.2 Å². The lowest BCUT2D eigenvalue weighted by atomic mass is 9.96. The first-order chi connectivity index (χ1) is 15.0. The van der Waals surface area contributed by atoms with Crippen LogP contribution in [0.1, 0.15) is 43.4 Å². The Morgan fingerprint density at radius 1 is 1.16 bits per heavy atom. The van der Waals surface area contributed by atoms with Crippen LogP contribution in [0.15, 0.2) is 36.4 Å². The van der Waals surface area contributed by atoms with Gasteiger partial charge in [0.1, 0.15) is 11.5 Å². The molecular formula is C25H30ClNO5. The molecule has 32 heavy (non-hydrogen) atoms. The summed E-state index contributed by atoms with van der Waals surface area (Å²) in [6, 6.07) is 10.9. The Hall–Kier alpha value is -2.73. The SMILES string of the molecule is Cc1cc(CC[C@H]2CCN(C(=O)Oc3ccc(Cl)cc3)C2)cc(C)c1OC(C)(C)C(=O)O. The van der Waals surface area contributed by atoms with Crippen LogP contribution < -0.4 is 9.47 Å². The third-order valence-corrected chi connectivity index (χ3v) is 6.05. The summed E-state index contributed by atoms with van der Waals surface area (Å²) in [5.41, 5.74) is 1.75. The first kappa shape index (κ1) is 23.9. The van der Waals surface area contributed by atoms with Crippen molar-refractivity contribution in [3.8, 4) is 11.5 Å². The number of nitrogens with zero attached hydrogens (tertiary/aromatic N) is 1. The molecule has 7 heteroatoms. The van der Waals surface area contributed by atoms with Crippen LogP contribution in [-0.2, 0) is 11.2 Å². The average Bonchev–Trinajstić information content (AvgIpc) is 3.20.